The number of alkyl halides is 3. The number of nitrogens with zero attached hydrogens (tertiary/aromatic N) is 3. The summed E-state index contributed by atoms with van der Waals surface area (Å²) in [5.74, 6) is -1.94. The maximum Gasteiger partial charge on any atom is 0.416 e. The van der Waals surface area contributed by atoms with E-state index in [-0.39, 0.29) is 43.0 Å². The van der Waals surface area contributed by atoms with Crippen LogP contribution in [0.25, 0.3) is 0 Å². The lowest BCUT2D eigenvalue weighted by Crippen LogP contribution is -2.44. The van der Waals surface area contributed by atoms with Gasteiger partial charge in [-0.15, -0.1) is 0 Å². The Morgan fingerprint density at radius 3 is 2.36 bits per heavy atom. The Morgan fingerprint density at radius 1 is 1.21 bits per heavy atom. The summed E-state index contributed by atoms with van der Waals surface area (Å²) >= 11 is 0. The summed E-state index contributed by atoms with van der Waals surface area (Å²) in [4.78, 5) is 37.5. The zero-order valence-corrected chi connectivity index (χ0v) is 15.9. The molecule has 2 heterocycles. The van der Waals surface area contributed by atoms with Gasteiger partial charge in [-0.1, -0.05) is 0 Å². The van der Waals surface area contributed by atoms with Crippen molar-refractivity contribution >= 4 is 36.9 Å². The van der Waals surface area contributed by atoms with Gasteiger partial charge in [0.1, 0.15) is 5.69 Å². The van der Waals surface area contributed by atoms with Gasteiger partial charge in [-0.25, -0.2) is 0 Å². The molecule has 0 saturated heterocycles. The van der Waals surface area contributed by atoms with Gasteiger partial charge in [0.25, 0.3) is 11.8 Å². The van der Waals surface area contributed by atoms with Gasteiger partial charge in [-0.2, -0.15) is 31.8 Å². The number of rotatable bonds is 2. The van der Waals surface area contributed by atoms with Crippen LogP contribution in [-0.4, -0.2) is 34.0 Å². The Bertz CT molecular complexity index is 925. The van der Waals surface area contributed by atoms with E-state index in [0.717, 1.165) is 19.1 Å². The number of carbonyl (C=O) groups excluding carboxylic acids is 3. The average molecular weight is 414 g/mol. The number of hydrogen-bond acceptors (Lipinski definition) is 4. The lowest BCUT2D eigenvalue weighted by Gasteiger charge is -2.32. The van der Waals surface area contributed by atoms with Crippen molar-refractivity contribution in [2.75, 3.05) is 11.4 Å². The van der Waals surface area contributed by atoms with Crippen LogP contribution in [0.1, 0.15) is 46.3 Å². The standard InChI is InChI=1S/C17H15F3N4O3.H2S/c1-9-8-23(12-5-3-11(4-6-12)17(18,19)20)16(27)14-13(7-21-24(9)14)15(26)22-10(2)25;/h3-7,9H,8H2,1-2H3,(H,22,25,26);1H2/t9-;/m0./s1. The van der Waals surface area contributed by atoms with Crippen molar-refractivity contribution in [3.05, 3.63) is 47.3 Å². The Labute approximate surface area is 164 Å². The van der Waals surface area contributed by atoms with Crippen molar-refractivity contribution in [1.82, 2.24) is 15.1 Å². The summed E-state index contributed by atoms with van der Waals surface area (Å²) in [6.45, 7) is 3.09. The highest BCUT2D eigenvalue weighted by Crippen LogP contribution is 2.32. The first-order chi connectivity index (χ1) is 12.6. The molecule has 0 spiro atoms. The highest BCUT2D eigenvalue weighted by atomic mass is 32.1. The number of anilines is 1. The van der Waals surface area contributed by atoms with Gasteiger partial charge >= 0.3 is 6.18 Å². The zero-order valence-electron chi connectivity index (χ0n) is 14.9. The van der Waals surface area contributed by atoms with Crippen LogP contribution in [-0.2, 0) is 11.0 Å². The van der Waals surface area contributed by atoms with Crippen molar-refractivity contribution < 1.29 is 27.6 Å². The number of fused-ring (bicyclic) bond motifs is 1. The molecule has 11 heteroatoms. The van der Waals surface area contributed by atoms with E-state index >= 15 is 0 Å². The molecule has 0 fully saturated rings. The Kier molecular flexibility index (Phi) is 5.88. The molecule has 3 amide bonds. The van der Waals surface area contributed by atoms with Crippen LogP contribution in [0.2, 0.25) is 0 Å². The third kappa shape index (κ3) is 3.88. The molecule has 7 nitrogen and oxygen atoms in total. The molecular formula is C17H17F3N4O3S. The SMILES string of the molecule is CC(=O)NC(=O)c1cnn2c1C(=O)N(c1ccc(C(F)(F)F)cc1)C[C@@H]2C.S. The number of nitrogens with one attached hydrogen (secondary N) is 1. The molecule has 0 saturated carbocycles. The Balaban J connectivity index is 0.00000280. The van der Waals surface area contributed by atoms with Crippen molar-refractivity contribution in [1.29, 1.82) is 0 Å². The third-order valence-corrected chi connectivity index (χ3v) is 4.15. The Hall–Kier alpha value is -2.82. The molecule has 1 N–H and O–H groups in total. The van der Waals surface area contributed by atoms with Gasteiger partial charge in [-0.3, -0.25) is 24.4 Å². The molecule has 2 aromatic rings. The quantitative estimate of drug-likeness (QED) is 0.819. The minimum absolute atomic E-state index is 0. The smallest absolute Gasteiger partial charge is 0.305 e. The largest absolute Gasteiger partial charge is 0.416 e. The van der Waals surface area contributed by atoms with Crippen LogP contribution in [0.3, 0.4) is 0 Å². The first-order valence-corrected chi connectivity index (χ1v) is 7.98. The van der Waals surface area contributed by atoms with Gasteiger partial charge in [-0.05, 0) is 31.2 Å². The molecule has 0 aliphatic carbocycles. The highest BCUT2D eigenvalue weighted by molar-refractivity contribution is 7.59. The normalized spacial score (nSPS) is 16.2. The summed E-state index contributed by atoms with van der Waals surface area (Å²) in [5.41, 5.74) is -0.647. The molecule has 1 aromatic heterocycles. The number of aromatic nitrogens is 2. The van der Waals surface area contributed by atoms with E-state index in [2.05, 4.69) is 10.4 Å². The summed E-state index contributed by atoms with van der Waals surface area (Å²) in [7, 11) is 0. The van der Waals surface area contributed by atoms with Crippen LogP contribution in [0, 0.1) is 0 Å². The van der Waals surface area contributed by atoms with E-state index in [9.17, 15) is 27.6 Å². The van der Waals surface area contributed by atoms with Crippen LogP contribution >= 0.6 is 13.5 Å². The van der Waals surface area contributed by atoms with E-state index in [0.29, 0.717) is 0 Å². The average Bonchev–Trinajstić information content (AvgIpc) is 3.03. The number of benzene rings is 1. The molecule has 0 bridgehead atoms. The maximum absolute atomic E-state index is 12.9. The summed E-state index contributed by atoms with van der Waals surface area (Å²) < 4.78 is 39.6. The number of imide groups is 1. The summed E-state index contributed by atoms with van der Waals surface area (Å²) in [5, 5.41) is 6.12. The molecule has 150 valence electrons. The monoisotopic (exact) mass is 414 g/mol. The van der Waals surface area contributed by atoms with E-state index in [1.165, 1.54) is 27.9 Å². The Morgan fingerprint density at radius 2 is 1.82 bits per heavy atom. The number of carbonyl (C=O) groups is 3. The highest BCUT2D eigenvalue weighted by Gasteiger charge is 2.36. The van der Waals surface area contributed by atoms with E-state index < -0.39 is 29.5 Å². The van der Waals surface area contributed by atoms with E-state index in [1.807, 2.05) is 0 Å². The van der Waals surface area contributed by atoms with Crippen LogP contribution in [0.4, 0.5) is 18.9 Å². The first-order valence-electron chi connectivity index (χ1n) is 7.98. The van der Waals surface area contributed by atoms with E-state index in [1.54, 1.807) is 6.92 Å². The minimum atomic E-state index is -4.48. The summed E-state index contributed by atoms with van der Waals surface area (Å²) in [6, 6.07) is 3.87. The molecule has 0 radical (unpaired) electrons. The molecule has 3 rings (SSSR count). The fourth-order valence-corrected chi connectivity index (χ4v) is 2.91. The number of halogens is 3. The lowest BCUT2D eigenvalue weighted by molar-refractivity contribution is -0.137. The zero-order chi connectivity index (χ0) is 19.9. The van der Waals surface area contributed by atoms with Gasteiger partial charge < -0.3 is 4.90 Å². The van der Waals surface area contributed by atoms with Gasteiger partial charge in [0.15, 0.2) is 0 Å². The van der Waals surface area contributed by atoms with Crippen LogP contribution < -0.4 is 10.2 Å². The third-order valence-electron chi connectivity index (χ3n) is 4.15. The molecule has 1 aliphatic rings. The molecular weight excluding hydrogens is 397 g/mol. The van der Waals surface area contributed by atoms with Crippen molar-refractivity contribution in [3.63, 3.8) is 0 Å². The van der Waals surface area contributed by atoms with Crippen molar-refractivity contribution in [3.8, 4) is 0 Å². The van der Waals surface area contributed by atoms with E-state index in [4.69, 9.17) is 0 Å². The molecule has 1 atom stereocenters. The predicted octanol–water partition coefficient (Wildman–Crippen LogP) is 2.51. The molecule has 1 aromatic carbocycles. The first kappa shape index (κ1) is 21.5. The summed E-state index contributed by atoms with van der Waals surface area (Å²) in [6.07, 6.45) is -3.29. The fourth-order valence-electron chi connectivity index (χ4n) is 2.91. The van der Waals surface area contributed by atoms with Crippen LogP contribution in [0.15, 0.2) is 30.5 Å². The second-order valence-corrected chi connectivity index (χ2v) is 6.17. The van der Waals surface area contributed by atoms with Crippen molar-refractivity contribution in [2.24, 2.45) is 0 Å². The maximum atomic E-state index is 12.9. The minimum Gasteiger partial charge on any atom is -0.305 e. The fraction of sp³-hybridized carbons (Fsp3) is 0.294. The number of hydrogen-bond donors (Lipinski definition) is 1. The molecule has 1 aliphatic heterocycles. The van der Waals surface area contributed by atoms with Gasteiger partial charge in [0.2, 0.25) is 5.91 Å². The molecule has 0 unspecified atom stereocenters. The second-order valence-electron chi connectivity index (χ2n) is 6.17. The van der Waals surface area contributed by atoms with Gasteiger partial charge in [0, 0.05) is 19.2 Å². The van der Waals surface area contributed by atoms with Crippen LogP contribution in [0.5, 0.6) is 0 Å². The lowest BCUT2D eigenvalue weighted by atomic mass is 10.1. The topological polar surface area (TPSA) is 84.3 Å². The predicted molar refractivity (Wildman–Crippen MR) is 98.6 cm³/mol. The van der Waals surface area contributed by atoms with Gasteiger partial charge in [0.05, 0.1) is 23.4 Å². The molecule has 28 heavy (non-hydrogen) atoms. The number of amides is 3. The van der Waals surface area contributed by atoms with Crippen molar-refractivity contribution in [2.45, 2.75) is 26.1 Å². The second kappa shape index (κ2) is 7.66.